The first-order valence-electron chi connectivity index (χ1n) is 7.72. The van der Waals surface area contributed by atoms with Crippen molar-refractivity contribution >= 4 is 18.1 Å². The molecule has 0 aliphatic rings. The Morgan fingerprint density at radius 1 is 1.19 bits per heavy atom. The summed E-state index contributed by atoms with van der Waals surface area (Å²) in [5.74, 6) is -0.304. The van der Waals surface area contributed by atoms with Crippen molar-refractivity contribution in [1.29, 1.82) is 0 Å². The van der Waals surface area contributed by atoms with Crippen LogP contribution in [-0.2, 0) is 6.54 Å². The van der Waals surface area contributed by atoms with Gasteiger partial charge in [0.25, 0.3) is 5.91 Å². The standard InChI is InChI=1S/C18H15F2N3O2S/c19-17(20)25-14-8-4-5-12(9-14)10-21-16(24)15-11-22-18(26)23(15)13-6-2-1-3-7-13/h1-9,11,17H,10H2,(H,21,24)(H,22,26). The molecule has 5 nitrogen and oxygen atoms in total. The van der Waals surface area contributed by atoms with Crippen LogP contribution in [-0.4, -0.2) is 22.1 Å². The normalized spacial score (nSPS) is 10.7. The topological polar surface area (TPSA) is 59.0 Å². The fraction of sp³-hybridized carbons (Fsp3) is 0.111. The molecular formula is C18H15F2N3O2S. The predicted octanol–water partition coefficient (Wildman–Crippen LogP) is 4.07. The van der Waals surface area contributed by atoms with Crippen molar-refractivity contribution in [3.05, 3.63) is 76.8 Å². The van der Waals surface area contributed by atoms with Gasteiger partial charge in [-0.25, -0.2) is 0 Å². The maximum Gasteiger partial charge on any atom is 0.387 e. The number of H-pyrrole nitrogens is 1. The molecule has 8 heteroatoms. The van der Waals surface area contributed by atoms with E-state index in [1.165, 1.54) is 18.3 Å². The summed E-state index contributed by atoms with van der Waals surface area (Å²) in [6, 6.07) is 15.4. The van der Waals surface area contributed by atoms with Gasteiger partial charge in [-0.2, -0.15) is 8.78 Å². The molecule has 2 aromatic carbocycles. The molecule has 26 heavy (non-hydrogen) atoms. The van der Waals surface area contributed by atoms with Crippen LogP contribution in [0.2, 0.25) is 0 Å². The van der Waals surface area contributed by atoms with Gasteiger partial charge in [0.05, 0.1) is 0 Å². The molecule has 0 aliphatic heterocycles. The summed E-state index contributed by atoms with van der Waals surface area (Å²) >= 11 is 5.25. The molecule has 0 atom stereocenters. The lowest BCUT2D eigenvalue weighted by Gasteiger charge is -2.10. The van der Waals surface area contributed by atoms with Crippen molar-refractivity contribution < 1.29 is 18.3 Å². The number of alkyl halides is 2. The van der Waals surface area contributed by atoms with Gasteiger partial charge in [0, 0.05) is 18.4 Å². The fourth-order valence-corrected chi connectivity index (χ4v) is 2.74. The van der Waals surface area contributed by atoms with Crippen molar-refractivity contribution in [2.45, 2.75) is 13.2 Å². The molecule has 0 aliphatic carbocycles. The smallest absolute Gasteiger partial charge is 0.387 e. The van der Waals surface area contributed by atoms with E-state index in [2.05, 4.69) is 15.0 Å². The third-order valence-electron chi connectivity index (χ3n) is 3.60. The highest BCUT2D eigenvalue weighted by molar-refractivity contribution is 7.71. The van der Waals surface area contributed by atoms with Crippen molar-refractivity contribution in [3.8, 4) is 11.4 Å². The van der Waals surface area contributed by atoms with Crippen LogP contribution in [0.15, 0.2) is 60.8 Å². The zero-order valence-electron chi connectivity index (χ0n) is 13.5. The summed E-state index contributed by atoms with van der Waals surface area (Å²) in [4.78, 5) is 15.4. The summed E-state index contributed by atoms with van der Waals surface area (Å²) in [6.07, 6.45) is 1.53. The van der Waals surface area contributed by atoms with E-state index in [1.54, 1.807) is 16.7 Å². The second-order valence-corrected chi connectivity index (χ2v) is 5.75. The van der Waals surface area contributed by atoms with E-state index in [0.29, 0.717) is 16.0 Å². The van der Waals surface area contributed by atoms with Crippen LogP contribution in [0.1, 0.15) is 16.1 Å². The van der Waals surface area contributed by atoms with Crippen molar-refractivity contribution in [1.82, 2.24) is 14.9 Å². The molecule has 2 N–H and O–H groups in total. The number of hydrogen-bond acceptors (Lipinski definition) is 3. The molecule has 3 aromatic rings. The number of nitrogens with one attached hydrogen (secondary N) is 2. The minimum atomic E-state index is -2.89. The van der Waals surface area contributed by atoms with E-state index in [0.717, 1.165) is 5.69 Å². The lowest BCUT2D eigenvalue weighted by molar-refractivity contribution is -0.0498. The Morgan fingerprint density at radius 2 is 1.96 bits per heavy atom. The molecular weight excluding hydrogens is 360 g/mol. The number of halogens is 2. The van der Waals surface area contributed by atoms with Crippen LogP contribution in [0.3, 0.4) is 0 Å². The molecule has 0 fully saturated rings. The molecule has 1 heterocycles. The fourth-order valence-electron chi connectivity index (χ4n) is 2.47. The van der Waals surface area contributed by atoms with E-state index in [1.807, 2.05) is 30.3 Å². The number of carbonyl (C=O) groups excluding carboxylic acids is 1. The molecule has 3 rings (SSSR count). The number of aromatic amines is 1. The summed E-state index contributed by atoms with van der Waals surface area (Å²) in [6.45, 7) is -2.73. The van der Waals surface area contributed by atoms with Gasteiger partial charge in [0.2, 0.25) is 0 Å². The Kier molecular flexibility index (Phi) is 5.43. The van der Waals surface area contributed by atoms with Crippen LogP contribution in [0, 0.1) is 4.77 Å². The second kappa shape index (κ2) is 7.92. The van der Waals surface area contributed by atoms with E-state index in [4.69, 9.17) is 12.2 Å². The minimum Gasteiger partial charge on any atom is -0.435 e. The lowest BCUT2D eigenvalue weighted by Crippen LogP contribution is -2.25. The Labute approximate surface area is 153 Å². The maximum absolute atomic E-state index is 12.5. The monoisotopic (exact) mass is 375 g/mol. The van der Waals surface area contributed by atoms with Gasteiger partial charge in [-0.3, -0.25) is 9.36 Å². The largest absolute Gasteiger partial charge is 0.435 e. The number of rotatable bonds is 6. The van der Waals surface area contributed by atoms with Gasteiger partial charge >= 0.3 is 6.61 Å². The van der Waals surface area contributed by atoms with Gasteiger partial charge in [-0.15, -0.1) is 0 Å². The number of hydrogen-bond donors (Lipinski definition) is 2. The van der Waals surface area contributed by atoms with Crippen LogP contribution in [0.25, 0.3) is 5.69 Å². The molecule has 134 valence electrons. The third kappa shape index (κ3) is 4.15. The van der Waals surface area contributed by atoms with Gasteiger partial charge in [-0.05, 0) is 42.0 Å². The van der Waals surface area contributed by atoms with Gasteiger partial charge < -0.3 is 15.0 Å². The highest BCUT2D eigenvalue weighted by Crippen LogP contribution is 2.16. The van der Waals surface area contributed by atoms with Crippen LogP contribution in [0.5, 0.6) is 5.75 Å². The van der Waals surface area contributed by atoms with E-state index >= 15 is 0 Å². The predicted molar refractivity (Wildman–Crippen MR) is 95.2 cm³/mol. The van der Waals surface area contributed by atoms with E-state index in [-0.39, 0.29) is 18.2 Å². The van der Waals surface area contributed by atoms with Crippen LogP contribution >= 0.6 is 12.2 Å². The zero-order valence-corrected chi connectivity index (χ0v) is 14.3. The first-order chi connectivity index (χ1) is 12.5. The van der Waals surface area contributed by atoms with Crippen molar-refractivity contribution in [2.24, 2.45) is 0 Å². The number of imidazole rings is 1. The SMILES string of the molecule is O=C(NCc1cccc(OC(F)F)c1)c1c[nH]c(=S)n1-c1ccccc1. The van der Waals surface area contributed by atoms with Gasteiger partial charge in [0.1, 0.15) is 11.4 Å². The molecule has 0 saturated heterocycles. The summed E-state index contributed by atoms with van der Waals surface area (Å²) in [5, 5.41) is 2.75. The van der Waals surface area contributed by atoms with Crippen LogP contribution < -0.4 is 10.1 Å². The number of carbonyl (C=O) groups is 1. The quantitative estimate of drug-likeness (QED) is 0.639. The van der Waals surface area contributed by atoms with Crippen LogP contribution in [0.4, 0.5) is 8.78 Å². The zero-order chi connectivity index (χ0) is 18.5. The van der Waals surface area contributed by atoms with Crippen molar-refractivity contribution in [3.63, 3.8) is 0 Å². The Morgan fingerprint density at radius 3 is 2.69 bits per heavy atom. The minimum absolute atomic E-state index is 0.0422. The highest BCUT2D eigenvalue weighted by atomic mass is 32.1. The molecule has 0 bridgehead atoms. The summed E-state index contributed by atoms with van der Waals surface area (Å²) < 4.78 is 31.0. The second-order valence-electron chi connectivity index (χ2n) is 5.36. The average molecular weight is 375 g/mol. The summed E-state index contributed by atoms with van der Waals surface area (Å²) in [7, 11) is 0. The Hall–Kier alpha value is -3.00. The number of nitrogens with zero attached hydrogens (tertiary/aromatic N) is 1. The van der Waals surface area contributed by atoms with Gasteiger partial charge in [0.15, 0.2) is 4.77 Å². The third-order valence-corrected chi connectivity index (χ3v) is 3.90. The first-order valence-corrected chi connectivity index (χ1v) is 8.13. The molecule has 0 unspecified atom stereocenters. The highest BCUT2D eigenvalue weighted by Gasteiger charge is 2.14. The Bertz CT molecular complexity index is 954. The molecule has 0 spiro atoms. The number of benzene rings is 2. The number of ether oxygens (including phenoxy) is 1. The maximum atomic E-state index is 12.5. The first kappa shape index (κ1) is 17.8. The Balaban J connectivity index is 1.75. The van der Waals surface area contributed by atoms with Gasteiger partial charge in [-0.1, -0.05) is 30.3 Å². The molecule has 1 aromatic heterocycles. The number of aromatic nitrogens is 2. The molecule has 1 amide bonds. The molecule has 0 radical (unpaired) electrons. The van der Waals surface area contributed by atoms with E-state index in [9.17, 15) is 13.6 Å². The van der Waals surface area contributed by atoms with Crippen molar-refractivity contribution in [2.75, 3.05) is 0 Å². The number of para-hydroxylation sites is 1. The summed E-state index contributed by atoms with van der Waals surface area (Å²) in [5.41, 5.74) is 1.74. The molecule has 0 saturated carbocycles. The average Bonchev–Trinajstić information content (AvgIpc) is 3.02. The van der Waals surface area contributed by atoms with E-state index < -0.39 is 6.61 Å². The number of amides is 1. The lowest BCUT2D eigenvalue weighted by atomic mass is 10.2.